The second-order valence-corrected chi connectivity index (χ2v) is 6.22. The van der Waals surface area contributed by atoms with Crippen LogP contribution in [0, 0.1) is 5.92 Å². The van der Waals surface area contributed by atoms with Crippen molar-refractivity contribution in [2.45, 2.75) is 44.0 Å². The minimum Gasteiger partial charge on any atom is -0.378 e. The summed E-state index contributed by atoms with van der Waals surface area (Å²) in [6.07, 6.45) is 3.45. The highest BCUT2D eigenvalue weighted by Crippen LogP contribution is 2.41. The van der Waals surface area contributed by atoms with E-state index in [-0.39, 0.29) is 16.8 Å². The number of Topliss-reactive ketones (excluding diaryl/α,β-unsaturated/α-hetero) is 1. The fraction of sp³-hybridized carbons (Fsp3) is 0.909. The van der Waals surface area contributed by atoms with Gasteiger partial charge in [0.15, 0.2) is 5.78 Å². The number of ether oxygens (including phenoxy) is 1. The maximum Gasteiger partial charge on any atom is 0.154 e. The van der Waals surface area contributed by atoms with Gasteiger partial charge in [-0.15, -0.1) is 11.8 Å². The van der Waals surface area contributed by atoms with E-state index >= 15 is 0 Å². The topological polar surface area (TPSA) is 26.3 Å². The molecule has 3 heteroatoms. The smallest absolute Gasteiger partial charge is 0.154 e. The molecule has 3 unspecified atom stereocenters. The van der Waals surface area contributed by atoms with Crippen LogP contribution < -0.4 is 0 Å². The van der Waals surface area contributed by atoms with Gasteiger partial charge in [0.1, 0.15) is 0 Å². The lowest BCUT2D eigenvalue weighted by atomic mass is 9.89. The predicted octanol–water partition coefficient (Wildman–Crippen LogP) is 2.27. The van der Waals surface area contributed by atoms with E-state index in [9.17, 15) is 4.79 Å². The number of carbonyl (C=O) groups excluding carboxylic acids is 1. The Morgan fingerprint density at radius 3 is 2.86 bits per heavy atom. The van der Waals surface area contributed by atoms with Crippen LogP contribution in [-0.2, 0) is 9.53 Å². The van der Waals surface area contributed by atoms with Crippen molar-refractivity contribution >= 4 is 17.5 Å². The predicted molar refractivity (Wildman–Crippen MR) is 58.6 cm³/mol. The van der Waals surface area contributed by atoms with Gasteiger partial charge in [-0.2, -0.15) is 0 Å². The Morgan fingerprint density at radius 1 is 1.57 bits per heavy atom. The number of thioether (sulfide) groups is 1. The van der Waals surface area contributed by atoms with Crippen LogP contribution >= 0.6 is 11.8 Å². The number of hydrogen-bond donors (Lipinski definition) is 0. The number of ketones is 1. The fourth-order valence-corrected chi connectivity index (χ4v) is 3.74. The number of rotatable bonds is 2. The van der Waals surface area contributed by atoms with Crippen molar-refractivity contribution in [1.29, 1.82) is 0 Å². The maximum atomic E-state index is 12.2. The zero-order chi connectivity index (χ0) is 10.2. The van der Waals surface area contributed by atoms with E-state index in [0.717, 1.165) is 18.6 Å². The largest absolute Gasteiger partial charge is 0.378 e. The van der Waals surface area contributed by atoms with E-state index in [1.165, 1.54) is 6.42 Å². The summed E-state index contributed by atoms with van der Waals surface area (Å²) in [6, 6.07) is 0. The summed E-state index contributed by atoms with van der Waals surface area (Å²) in [5.74, 6) is 1.75. The van der Waals surface area contributed by atoms with Crippen molar-refractivity contribution in [1.82, 2.24) is 0 Å². The quantitative estimate of drug-likeness (QED) is 0.705. The average Bonchev–Trinajstić information content (AvgIpc) is 2.74. The molecule has 80 valence electrons. The first-order valence-corrected chi connectivity index (χ1v) is 6.40. The maximum absolute atomic E-state index is 12.2. The summed E-state index contributed by atoms with van der Waals surface area (Å²) >= 11 is 1.84. The van der Waals surface area contributed by atoms with E-state index in [1.807, 2.05) is 11.8 Å². The van der Waals surface area contributed by atoms with Crippen LogP contribution in [0.25, 0.3) is 0 Å². The lowest BCUT2D eigenvalue weighted by Gasteiger charge is -2.23. The number of carbonyl (C=O) groups is 1. The lowest BCUT2D eigenvalue weighted by Crippen LogP contribution is -2.35. The molecule has 0 N–H and O–H groups in total. The van der Waals surface area contributed by atoms with E-state index in [1.54, 1.807) is 0 Å². The fourth-order valence-electron chi connectivity index (χ4n) is 2.41. The molecule has 14 heavy (non-hydrogen) atoms. The van der Waals surface area contributed by atoms with Crippen molar-refractivity contribution in [3.05, 3.63) is 0 Å². The van der Waals surface area contributed by atoms with Gasteiger partial charge in [-0.25, -0.2) is 0 Å². The molecule has 0 saturated carbocycles. The summed E-state index contributed by atoms with van der Waals surface area (Å²) in [5, 5.41) is 0. The lowest BCUT2D eigenvalue weighted by molar-refractivity contribution is -0.124. The normalized spacial score (nSPS) is 43.0. The van der Waals surface area contributed by atoms with E-state index in [4.69, 9.17) is 4.74 Å². The summed E-state index contributed by atoms with van der Waals surface area (Å²) in [5.41, 5.74) is 0. The van der Waals surface area contributed by atoms with Crippen LogP contribution in [0.4, 0.5) is 0 Å². The highest BCUT2D eigenvalue weighted by Gasteiger charge is 2.42. The van der Waals surface area contributed by atoms with Gasteiger partial charge in [-0.1, -0.05) is 0 Å². The SMILES string of the molecule is CC1CC(C(=O)C2(C)CCCS2)CO1. The third-order valence-corrected chi connectivity index (χ3v) is 4.84. The minimum atomic E-state index is -0.0991. The number of hydrogen-bond acceptors (Lipinski definition) is 3. The molecule has 0 aliphatic carbocycles. The molecular weight excluding hydrogens is 196 g/mol. The van der Waals surface area contributed by atoms with E-state index in [2.05, 4.69) is 13.8 Å². The molecule has 3 atom stereocenters. The van der Waals surface area contributed by atoms with Gasteiger partial charge in [0.2, 0.25) is 0 Å². The van der Waals surface area contributed by atoms with Crippen LogP contribution in [-0.4, -0.2) is 29.0 Å². The van der Waals surface area contributed by atoms with E-state index in [0.29, 0.717) is 12.4 Å². The second-order valence-electron chi connectivity index (χ2n) is 4.62. The first kappa shape index (κ1) is 10.5. The molecule has 2 fully saturated rings. The van der Waals surface area contributed by atoms with Crippen molar-refractivity contribution < 1.29 is 9.53 Å². The molecule has 0 aromatic heterocycles. The first-order chi connectivity index (χ1) is 6.62. The summed E-state index contributed by atoms with van der Waals surface area (Å²) in [6.45, 7) is 4.81. The molecule has 2 aliphatic heterocycles. The van der Waals surface area contributed by atoms with Crippen LogP contribution in [0.2, 0.25) is 0 Å². The summed E-state index contributed by atoms with van der Waals surface area (Å²) in [7, 11) is 0. The Balaban J connectivity index is 2.00. The van der Waals surface area contributed by atoms with Crippen molar-refractivity contribution in [3.63, 3.8) is 0 Å². The Morgan fingerprint density at radius 2 is 2.36 bits per heavy atom. The van der Waals surface area contributed by atoms with Gasteiger partial charge < -0.3 is 4.74 Å². The van der Waals surface area contributed by atoms with Crippen LogP contribution in [0.3, 0.4) is 0 Å². The molecule has 2 heterocycles. The zero-order valence-electron chi connectivity index (χ0n) is 8.91. The monoisotopic (exact) mass is 214 g/mol. The zero-order valence-corrected chi connectivity index (χ0v) is 9.73. The first-order valence-electron chi connectivity index (χ1n) is 5.42. The van der Waals surface area contributed by atoms with Gasteiger partial charge in [-0.3, -0.25) is 4.79 Å². The van der Waals surface area contributed by atoms with Gasteiger partial charge in [-0.05, 0) is 38.9 Å². The van der Waals surface area contributed by atoms with Gasteiger partial charge >= 0.3 is 0 Å². The van der Waals surface area contributed by atoms with Crippen LogP contribution in [0.1, 0.15) is 33.1 Å². The van der Waals surface area contributed by atoms with Crippen molar-refractivity contribution in [2.24, 2.45) is 5.92 Å². The summed E-state index contributed by atoms with van der Waals surface area (Å²) in [4.78, 5) is 12.2. The van der Waals surface area contributed by atoms with E-state index < -0.39 is 0 Å². The Hall–Kier alpha value is -0.0200. The molecule has 0 spiro atoms. The molecule has 0 radical (unpaired) electrons. The Bertz CT molecular complexity index is 233. The molecule has 0 aromatic carbocycles. The highest BCUT2D eigenvalue weighted by molar-refractivity contribution is 8.01. The van der Waals surface area contributed by atoms with Gasteiger partial charge in [0, 0.05) is 5.92 Å². The highest BCUT2D eigenvalue weighted by atomic mass is 32.2. The molecular formula is C11H18O2S. The molecule has 0 amide bonds. The summed E-state index contributed by atoms with van der Waals surface area (Å²) < 4.78 is 5.36. The van der Waals surface area contributed by atoms with Crippen LogP contribution in [0.15, 0.2) is 0 Å². The molecule has 0 bridgehead atoms. The Kier molecular flexibility index (Phi) is 2.89. The third kappa shape index (κ3) is 1.84. The van der Waals surface area contributed by atoms with Crippen LogP contribution in [0.5, 0.6) is 0 Å². The molecule has 0 aromatic rings. The van der Waals surface area contributed by atoms with Crippen molar-refractivity contribution in [2.75, 3.05) is 12.4 Å². The standard InChI is InChI=1S/C11H18O2S/c1-8-6-9(7-13-8)10(12)11(2)4-3-5-14-11/h8-9H,3-7H2,1-2H3. The Labute approximate surface area is 89.8 Å². The van der Waals surface area contributed by atoms with Gasteiger partial charge in [0.05, 0.1) is 17.5 Å². The molecule has 2 nitrogen and oxygen atoms in total. The second kappa shape index (κ2) is 3.86. The molecule has 2 saturated heterocycles. The average molecular weight is 214 g/mol. The molecule has 2 rings (SSSR count). The minimum absolute atomic E-state index is 0.0991. The van der Waals surface area contributed by atoms with Gasteiger partial charge in [0.25, 0.3) is 0 Å². The third-order valence-electron chi connectivity index (χ3n) is 3.31. The molecule has 2 aliphatic rings. The van der Waals surface area contributed by atoms with Crippen molar-refractivity contribution in [3.8, 4) is 0 Å².